The summed E-state index contributed by atoms with van der Waals surface area (Å²) >= 11 is 0. The minimum Gasteiger partial charge on any atom is -0.236 e. The van der Waals surface area contributed by atoms with E-state index in [0.717, 1.165) is 28.1 Å². The van der Waals surface area contributed by atoms with Gasteiger partial charge < -0.3 is 0 Å². The minimum absolute atomic E-state index is 0.0284. The maximum Gasteiger partial charge on any atom is 0.0930 e. The fourth-order valence-corrected chi connectivity index (χ4v) is 4.36. The van der Waals surface area contributed by atoms with E-state index in [1.54, 1.807) is 0 Å². The number of nitrogens with zero attached hydrogens (tertiary/aromatic N) is 2. The van der Waals surface area contributed by atoms with Crippen LogP contribution in [0.4, 0.5) is 0 Å². The summed E-state index contributed by atoms with van der Waals surface area (Å²) in [5.74, 6) is 0. The SMILES string of the molecule is [2H]C([2H])(c1ccc(-c2cc3n(n2)-c2ccccc2C(C)(C)C3(C)C)cc1C)C(C)(C)C. The molecule has 152 valence electrons. The molecule has 3 aromatic rings. The minimum atomic E-state index is -1.41. The van der Waals surface area contributed by atoms with Crippen LogP contribution < -0.4 is 0 Å². The van der Waals surface area contributed by atoms with Crippen LogP contribution in [0.25, 0.3) is 16.9 Å². The summed E-state index contributed by atoms with van der Waals surface area (Å²) in [5.41, 5.74) is 6.73. The number of hydrogen-bond acceptors (Lipinski definition) is 1. The van der Waals surface area contributed by atoms with Gasteiger partial charge >= 0.3 is 0 Å². The van der Waals surface area contributed by atoms with Gasteiger partial charge in [0.05, 0.1) is 17.1 Å². The second kappa shape index (κ2) is 6.32. The average molecular weight is 389 g/mol. The maximum absolute atomic E-state index is 8.66. The number of aromatic nitrogens is 2. The van der Waals surface area contributed by atoms with Crippen LogP contribution in [0.15, 0.2) is 48.5 Å². The Labute approximate surface area is 178 Å². The molecule has 1 aromatic heterocycles. The lowest BCUT2D eigenvalue weighted by molar-refractivity contribution is 0.275. The van der Waals surface area contributed by atoms with E-state index in [-0.39, 0.29) is 10.8 Å². The van der Waals surface area contributed by atoms with Crippen LogP contribution in [-0.2, 0) is 17.2 Å². The number of hydrogen-bond donors (Lipinski definition) is 0. The molecule has 0 N–H and O–H groups in total. The zero-order chi connectivity index (χ0) is 23.0. The smallest absolute Gasteiger partial charge is 0.0930 e. The summed E-state index contributed by atoms with van der Waals surface area (Å²) in [6.45, 7) is 17.1. The van der Waals surface area contributed by atoms with E-state index in [4.69, 9.17) is 7.84 Å². The highest BCUT2D eigenvalue weighted by atomic mass is 15.3. The molecule has 0 saturated heterocycles. The Bertz CT molecular complexity index is 1160. The number of fused-ring (bicyclic) bond motifs is 3. The topological polar surface area (TPSA) is 17.8 Å². The molecule has 1 aliphatic heterocycles. The summed E-state index contributed by atoms with van der Waals surface area (Å²) in [5, 5.41) is 5.03. The second-order valence-electron chi connectivity index (χ2n) is 10.5. The van der Waals surface area contributed by atoms with E-state index in [0.29, 0.717) is 0 Å². The highest BCUT2D eigenvalue weighted by Gasteiger charge is 2.47. The average Bonchev–Trinajstić information content (AvgIpc) is 3.12. The van der Waals surface area contributed by atoms with Crippen LogP contribution in [-0.4, -0.2) is 9.78 Å². The molecule has 0 amide bonds. The summed E-state index contributed by atoms with van der Waals surface area (Å²) in [6.07, 6.45) is -1.41. The zero-order valence-corrected chi connectivity index (χ0v) is 19.0. The van der Waals surface area contributed by atoms with Gasteiger partial charge in [-0.1, -0.05) is 78.8 Å². The normalized spacial score (nSPS) is 18.5. The molecule has 2 heteroatoms. The number of rotatable bonds is 2. The van der Waals surface area contributed by atoms with E-state index in [2.05, 4.69) is 68.8 Å². The third-order valence-corrected chi connectivity index (χ3v) is 6.75. The molecule has 0 radical (unpaired) electrons. The first-order valence-electron chi connectivity index (χ1n) is 11.5. The fraction of sp³-hybridized carbons (Fsp3) is 0.444. The Balaban J connectivity index is 1.86. The largest absolute Gasteiger partial charge is 0.236 e. The lowest BCUT2D eigenvalue weighted by Gasteiger charge is -2.46. The third kappa shape index (κ3) is 3.13. The van der Waals surface area contributed by atoms with Crippen LogP contribution in [0, 0.1) is 12.3 Å². The second-order valence-corrected chi connectivity index (χ2v) is 10.5. The predicted octanol–water partition coefficient (Wildman–Crippen LogP) is 7.01. The van der Waals surface area contributed by atoms with E-state index < -0.39 is 11.8 Å². The van der Waals surface area contributed by atoms with Gasteiger partial charge in [-0.2, -0.15) is 5.10 Å². The van der Waals surface area contributed by atoms with Crippen LogP contribution in [0.3, 0.4) is 0 Å². The first kappa shape index (κ1) is 17.5. The summed E-state index contributed by atoms with van der Waals surface area (Å²) in [7, 11) is 0. The molecule has 0 atom stereocenters. The number of benzene rings is 2. The van der Waals surface area contributed by atoms with Crippen molar-refractivity contribution in [2.75, 3.05) is 0 Å². The highest BCUT2D eigenvalue weighted by molar-refractivity contribution is 5.64. The molecule has 2 heterocycles. The van der Waals surface area contributed by atoms with Crippen molar-refractivity contribution in [3.8, 4) is 16.9 Å². The van der Waals surface area contributed by atoms with E-state index in [1.165, 1.54) is 11.3 Å². The predicted molar refractivity (Wildman–Crippen MR) is 123 cm³/mol. The standard InChI is InChI=1S/C27H34N2/c1-18-15-19(13-14-20(18)17-25(2,3)4)22-16-24-27(7,8)26(5,6)21-11-9-10-12-23(21)29(24)28-22/h9-16H,17H2,1-8H3/i17D2. The Hall–Kier alpha value is -2.35. The van der Waals surface area contributed by atoms with Crippen molar-refractivity contribution in [3.05, 3.63) is 70.9 Å². The van der Waals surface area contributed by atoms with E-state index in [9.17, 15) is 0 Å². The van der Waals surface area contributed by atoms with Crippen molar-refractivity contribution < 1.29 is 2.74 Å². The van der Waals surface area contributed by atoms with Gasteiger partial charge in [0.1, 0.15) is 0 Å². The van der Waals surface area contributed by atoms with Crippen molar-refractivity contribution in [2.45, 2.75) is 72.6 Å². The molecular formula is C27H34N2. The Morgan fingerprint density at radius 2 is 1.66 bits per heavy atom. The van der Waals surface area contributed by atoms with E-state index >= 15 is 0 Å². The summed E-state index contributed by atoms with van der Waals surface area (Å²) in [4.78, 5) is 0. The first-order valence-corrected chi connectivity index (χ1v) is 10.5. The molecular weight excluding hydrogens is 352 g/mol. The van der Waals surface area contributed by atoms with Gasteiger partial charge in [-0.05, 0) is 53.6 Å². The molecule has 0 aliphatic carbocycles. The van der Waals surface area contributed by atoms with Crippen molar-refractivity contribution in [3.63, 3.8) is 0 Å². The summed E-state index contributed by atoms with van der Waals surface area (Å²) < 4.78 is 19.4. The van der Waals surface area contributed by atoms with Crippen LogP contribution in [0.5, 0.6) is 0 Å². The third-order valence-electron chi connectivity index (χ3n) is 6.75. The molecule has 4 rings (SSSR count). The Morgan fingerprint density at radius 1 is 0.966 bits per heavy atom. The first-order chi connectivity index (χ1) is 14.2. The molecule has 0 unspecified atom stereocenters. The van der Waals surface area contributed by atoms with Gasteiger partial charge in [0.15, 0.2) is 0 Å². The van der Waals surface area contributed by atoms with Crippen molar-refractivity contribution in [2.24, 2.45) is 5.41 Å². The van der Waals surface area contributed by atoms with Gasteiger partial charge in [-0.25, -0.2) is 4.68 Å². The lowest BCUT2D eigenvalue weighted by Crippen LogP contribution is -2.45. The molecule has 0 spiro atoms. The molecule has 2 nitrogen and oxygen atoms in total. The van der Waals surface area contributed by atoms with Crippen molar-refractivity contribution in [1.82, 2.24) is 9.78 Å². The van der Waals surface area contributed by atoms with Gasteiger partial charge in [0, 0.05) is 19.1 Å². The molecule has 29 heavy (non-hydrogen) atoms. The van der Waals surface area contributed by atoms with Gasteiger partial charge in [-0.3, -0.25) is 0 Å². The van der Waals surface area contributed by atoms with Gasteiger partial charge in [-0.15, -0.1) is 0 Å². The molecule has 2 aromatic carbocycles. The molecule has 0 saturated carbocycles. The van der Waals surface area contributed by atoms with Gasteiger partial charge in [0.25, 0.3) is 0 Å². The quantitative estimate of drug-likeness (QED) is 0.462. The zero-order valence-electron chi connectivity index (χ0n) is 21.0. The monoisotopic (exact) mass is 388 g/mol. The highest BCUT2D eigenvalue weighted by Crippen LogP contribution is 2.50. The van der Waals surface area contributed by atoms with Gasteiger partial charge in [0.2, 0.25) is 0 Å². The molecule has 0 bridgehead atoms. The Kier molecular flexibility index (Phi) is 3.82. The van der Waals surface area contributed by atoms with E-state index in [1.807, 2.05) is 39.8 Å². The number of para-hydroxylation sites is 1. The summed E-state index contributed by atoms with van der Waals surface area (Å²) in [6, 6.07) is 16.8. The Morgan fingerprint density at radius 3 is 2.31 bits per heavy atom. The lowest BCUT2D eigenvalue weighted by atomic mass is 9.60. The van der Waals surface area contributed by atoms with Crippen LogP contribution in [0.1, 0.15) is 73.6 Å². The number of aryl methyl sites for hydroxylation is 1. The molecule has 1 aliphatic rings. The van der Waals surface area contributed by atoms with Crippen LogP contribution in [0.2, 0.25) is 0 Å². The van der Waals surface area contributed by atoms with Crippen molar-refractivity contribution in [1.29, 1.82) is 0 Å². The van der Waals surface area contributed by atoms with Crippen LogP contribution >= 0.6 is 0 Å². The molecule has 0 fully saturated rings. The fourth-order valence-electron chi connectivity index (χ4n) is 4.36. The maximum atomic E-state index is 8.66. The van der Waals surface area contributed by atoms with Crippen molar-refractivity contribution >= 4 is 0 Å².